The van der Waals surface area contributed by atoms with Gasteiger partial charge in [-0.15, -0.1) is 24.0 Å². The first-order valence-corrected chi connectivity index (χ1v) is 9.29. The Morgan fingerprint density at radius 1 is 1.32 bits per heavy atom. The Hall–Kier alpha value is -0.570. The predicted molar refractivity (Wildman–Crippen MR) is 110 cm³/mol. The van der Waals surface area contributed by atoms with Gasteiger partial charge >= 0.3 is 5.97 Å². The van der Waals surface area contributed by atoms with Gasteiger partial charge in [0.05, 0.1) is 25.7 Å². The third-order valence-electron chi connectivity index (χ3n) is 5.53. The van der Waals surface area contributed by atoms with Crippen LogP contribution in [0.1, 0.15) is 52.4 Å². The highest BCUT2D eigenvalue weighted by Crippen LogP contribution is 2.36. The van der Waals surface area contributed by atoms with E-state index in [0.717, 1.165) is 57.7 Å². The van der Waals surface area contributed by atoms with Crippen molar-refractivity contribution in [2.24, 2.45) is 16.3 Å². The summed E-state index contributed by atoms with van der Waals surface area (Å²) in [5.41, 5.74) is -0.122. The van der Waals surface area contributed by atoms with Crippen molar-refractivity contribution in [3.8, 4) is 0 Å². The second-order valence-electron chi connectivity index (χ2n) is 7.37. The van der Waals surface area contributed by atoms with Gasteiger partial charge in [-0.05, 0) is 32.6 Å². The summed E-state index contributed by atoms with van der Waals surface area (Å²) < 4.78 is 4.85. The molecule has 146 valence electrons. The lowest BCUT2D eigenvalue weighted by atomic mass is 9.73. The summed E-state index contributed by atoms with van der Waals surface area (Å²) in [7, 11) is 1.45. The van der Waals surface area contributed by atoms with E-state index in [1.807, 2.05) is 0 Å². The summed E-state index contributed by atoms with van der Waals surface area (Å²) in [5.74, 6) is 0.807. The third kappa shape index (κ3) is 5.98. The second-order valence-corrected chi connectivity index (χ2v) is 7.37. The van der Waals surface area contributed by atoms with E-state index in [2.05, 4.69) is 24.1 Å². The number of esters is 1. The summed E-state index contributed by atoms with van der Waals surface area (Å²) >= 11 is 0. The molecule has 0 bridgehead atoms. The van der Waals surface area contributed by atoms with Crippen LogP contribution in [-0.2, 0) is 9.53 Å². The van der Waals surface area contributed by atoms with Crippen LogP contribution in [0.2, 0.25) is 0 Å². The van der Waals surface area contributed by atoms with Gasteiger partial charge < -0.3 is 20.1 Å². The first-order chi connectivity index (χ1) is 11.5. The van der Waals surface area contributed by atoms with Crippen molar-refractivity contribution in [2.45, 2.75) is 58.5 Å². The molecule has 1 aliphatic carbocycles. The van der Waals surface area contributed by atoms with Crippen LogP contribution >= 0.6 is 24.0 Å². The monoisotopic (exact) mass is 467 g/mol. The highest BCUT2D eigenvalue weighted by atomic mass is 127. The average Bonchev–Trinajstić information content (AvgIpc) is 2.61. The number of guanidine groups is 1. The van der Waals surface area contributed by atoms with E-state index >= 15 is 0 Å². The number of nitrogens with zero attached hydrogens (tertiary/aromatic N) is 2. The van der Waals surface area contributed by atoms with E-state index < -0.39 is 0 Å². The Bertz CT molecular complexity index is 453. The Morgan fingerprint density at radius 3 is 2.56 bits per heavy atom. The molecule has 1 saturated carbocycles. The van der Waals surface area contributed by atoms with Gasteiger partial charge in [-0.2, -0.15) is 0 Å². The topological polar surface area (TPSA) is 74.2 Å². The Balaban J connectivity index is 0.00000312. The molecular formula is C18H34IN3O3. The van der Waals surface area contributed by atoms with Gasteiger partial charge in [-0.25, -0.2) is 0 Å². The van der Waals surface area contributed by atoms with Gasteiger partial charge in [0.15, 0.2) is 5.96 Å². The number of methoxy groups -OCH3 is 1. The zero-order chi connectivity index (χ0) is 17.6. The van der Waals surface area contributed by atoms with E-state index in [1.165, 1.54) is 13.5 Å². The maximum atomic E-state index is 11.7. The molecule has 2 aliphatic rings. The number of aliphatic hydroxyl groups excluding tert-OH is 1. The van der Waals surface area contributed by atoms with Crippen LogP contribution < -0.4 is 5.32 Å². The minimum Gasteiger partial charge on any atom is -0.469 e. The van der Waals surface area contributed by atoms with Crippen LogP contribution in [0.15, 0.2) is 4.99 Å². The van der Waals surface area contributed by atoms with E-state index in [1.54, 1.807) is 0 Å². The van der Waals surface area contributed by atoms with Crippen molar-refractivity contribution in [1.29, 1.82) is 0 Å². The largest absolute Gasteiger partial charge is 0.469 e. The quantitative estimate of drug-likeness (QED) is 0.288. The number of hydrogen-bond donors (Lipinski definition) is 2. The molecule has 2 fully saturated rings. The highest BCUT2D eigenvalue weighted by Gasteiger charge is 2.35. The van der Waals surface area contributed by atoms with Crippen molar-refractivity contribution in [2.75, 3.05) is 33.3 Å². The van der Waals surface area contributed by atoms with Gasteiger partial charge in [0.25, 0.3) is 0 Å². The zero-order valence-electron chi connectivity index (χ0n) is 15.8. The molecule has 0 aromatic heterocycles. The molecule has 1 aliphatic heterocycles. The highest BCUT2D eigenvalue weighted by molar-refractivity contribution is 14.0. The molecule has 1 heterocycles. The minimum atomic E-state index is -0.261. The molecule has 7 heteroatoms. The molecule has 0 radical (unpaired) electrons. The number of aliphatic hydroxyl groups is 1. The first kappa shape index (κ1) is 22.5. The van der Waals surface area contributed by atoms with Crippen LogP contribution in [0.3, 0.4) is 0 Å². The van der Waals surface area contributed by atoms with Crippen molar-refractivity contribution in [3.63, 3.8) is 0 Å². The maximum absolute atomic E-state index is 11.7. The van der Waals surface area contributed by atoms with Gasteiger partial charge in [0.2, 0.25) is 0 Å². The van der Waals surface area contributed by atoms with E-state index in [-0.39, 0.29) is 47.4 Å². The van der Waals surface area contributed by atoms with Crippen molar-refractivity contribution >= 4 is 35.9 Å². The summed E-state index contributed by atoms with van der Waals surface area (Å²) in [4.78, 5) is 18.7. The van der Waals surface area contributed by atoms with Gasteiger partial charge in [0, 0.05) is 25.0 Å². The summed E-state index contributed by atoms with van der Waals surface area (Å²) in [6.45, 7) is 7.29. The van der Waals surface area contributed by atoms with Crippen LogP contribution in [0.25, 0.3) is 0 Å². The smallest absolute Gasteiger partial charge is 0.308 e. The lowest BCUT2D eigenvalue weighted by Crippen LogP contribution is -2.47. The number of piperidine rings is 1. The summed E-state index contributed by atoms with van der Waals surface area (Å²) in [6, 6.07) is 0. The minimum absolute atomic E-state index is 0. The number of likely N-dealkylation sites (tertiary alicyclic amines) is 1. The normalized spacial score (nSPS) is 28.2. The number of nitrogens with one attached hydrogen (secondary N) is 1. The molecule has 0 spiro atoms. The second kappa shape index (κ2) is 10.5. The molecule has 2 atom stereocenters. The molecule has 25 heavy (non-hydrogen) atoms. The molecule has 2 unspecified atom stereocenters. The Morgan fingerprint density at radius 2 is 2.00 bits per heavy atom. The van der Waals surface area contributed by atoms with Gasteiger partial charge in [0.1, 0.15) is 0 Å². The Kier molecular flexibility index (Phi) is 9.48. The van der Waals surface area contributed by atoms with Gasteiger partial charge in [-0.3, -0.25) is 9.79 Å². The van der Waals surface area contributed by atoms with E-state index in [4.69, 9.17) is 9.73 Å². The number of ether oxygens (including phenoxy) is 1. The van der Waals surface area contributed by atoms with Crippen molar-refractivity contribution < 1.29 is 14.6 Å². The molecule has 2 N–H and O–H groups in total. The number of hydrogen-bond acceptors (Lipinski definition) is 4. The molecule has 0 amide bonds. The van der Waals surface area contributed by atoms with Gasteiger partial charge in [-0.1, -0.05) is 19.8 Å². The van der Waals surface area contributed by atoms with Crippen LogP contribution in [0.4, 0.5) is 0 Å². The average molecular weight is 467 g/mol. The lowest BCUT2D eigenvalue weighted by molar-refractivity contribution is -0.146. The third-order valence-corrected chi connectivity index (χ3v) is 5.53. The predicted octanol–water partition coefficient (Wildman–Crippen LogP) is 2.40. The fourth-order valence-electron chi connectivity index (χ4n) is 3.74. The molecule has 0 aromatic rings. The van der Waals surface area contributed by atoms with Crippen LogP contribution in [0.5, 0.6) is 0 Å². The fourth-order valence-corrected chi connectivity index (χ4v) is 3.74. The molecule has 0 aromatic carbocycles. The maximum Gasteiger partial charge on any atom is 0.308 e. The standard InChI is InChI=1S/C18H33N3O3.HI/c1-4-19-17(20-13-18(2)10-6-5-7-15(18)22)21-11-8-14(9-12-21)16(23)24-3;/h14-15,22H,4-13H2,1-3H3,(H,19,20);1H. The number of aliphatic imine (C=N–C) groups is 1. The van der Waals surface area contributed by atoms with E-state index in [0.29, 0.717) is 6.54 Å². The molecule has 2 rings (SSSR count). The number of rotatable bonds is 4. The van der Waals surface area contributed by atoms with Crippen LogP contribution in [-0.4, -0.2) is 61.3 Å². The molecule has 1 saturated heterocycles. The van der Waals surface area contributed by atoms with Crippen molar-refractivity contribution in [1.82, 2.24) is 10.2 Å². The summed E-state index contributed by atoms with van der Waals surface area (Å²) in [5, 5.41) is 13.7. The summed E-state index contributed by atoms with van der Waals surface area (Å²) in [6.07, 6.45) is 5.54. The number of carbonyl (C=O) groups is 1. The Labute approximate surface area is 168 Å². The molecular weight excluding hydrogens is 433 g/mol. The molecule has 6 nitrogen and oxygen atoms in total. The zero-order valence-corrected chi connectivity index (χ0v) is 18.1. The SMILES string of the molecule is CCNC(=NCC1(C)CCCCC1O)N1CCC(C(=O)OC)CC1.I. The number of carbonyl (C=O) groups excluding carboxylic acids is 1. The van der Waals surface area contributed by atoms with Crippen LogP contribution in [0, 0.1) is 11.3 Å². The first-order valence-electron chi connectivity index (χ1n) is 9.29. The fraction of sp³-hybridized carbons (Fsp3) is 0.889. The van der Waals surface area contributed by atoms with E-state index in [9.17, 15) is 9.90 Å². The van der Waals surface area contributed by atoms with Crippen molar-refractivity contribution in [3.05, 3.63) is 0 Å². The lowest BCUT2D eigenvalue weighted by Gasteiger charge is -2.38. The number of halogens is 1.